The molecular formula is C15H19N3. The third-order valence-electron chi connectivity index (χ3n) is 3.63. The highest BCUT2D eigenvalue weighted by atomic mass is 15.2. The minimum Gasteiger partial charge on any atom is -0.309 e. The summed E-state index contributed by atoms with van der Waals surface area (Å²) in [6.07, 6.45) is 3.23. The maximum Gasteiger partial charge on any atom is 0.0702 e. The van der Waals surface area contributed by atoms with Gasteiger partial charge in [-0.1, -0.05) is 18.2 Å². The molecule has 3 nitrogen and oxygen atoms in total. The van der Waals surface area contributed by atoms with E-state index in [1.165, 1.54) is 23.9 Å². The first-order valence-electron chi connectivity index (χ1n) is 6.57. The average Bonchev–Trinajstić information content (AvgIpc) is 2.82. The summed E-state index contributed by atoms with van der Waals surface area (Å²) < 4.78 is 0. The largest absolute Gasteiger partial charge is 0.309 e. The molecule has 1 N–H and O–H groups in total. The molecule has 3 rings (SSSR count). The van der Waals surface area contributed by atoms with E-state index in [0.717, 1.165) is 18.6 Å². The number of fused-ring (bicyclic) bond motifs is 1. The van der Waals surface area contributed by atoms with Crippen molar-refractivity contribution in [2.75, 3.05) is 20.1 Å². The summed E-state index contributed by atoms with van der Waals surface area (Å²) in [6, 6.07) is 11.1. The quantitative estimate of drug-likeness (QED) is 0.891. The van der Waals surface area contributed by atoms with Crippen LogP contribution in [0.4, 0.5) is 0 Å². The second-order valence-corrected chi connectivity index (χ2v) is 5.17. The molecule has 1 aromatic carbocycles. The molecule has 0 saturated carbocycles. The lowest BCUT2D eigenvalue weighted by molar-refractivity contribution is 0.397. The lowest BCUT2D eigenvalue weighted by Crippen LogP contribution is -2.30. The van der Waals surface area contributed by atoms with Gasteiger partial charge in [-0.15, -0.1) is 0 Å². The van der Waals surface area contributed by atoms with Crippen LogP contribution in [0.15, 0.2) is 36.5 Å². The van der Waals surface area contributed by atoms with Crippen LogP contribution in [-0.2, 0) is 6.54 Å². The molecule has 0 amide bonds. The summed E-state index contributed by atoms with van der Waals surface area (Å²) in [4.78, 5) is 6.86. The molecule has 1 aliphatic rings. The van der Waals surface area contributed by atoms with E-state index in [1.54, 1.807) is 0 Å². The molecule has 1 aliphatic heterocycles. The molecule has 2 aromatic rings. The molecule has 0 aliphatic carbocycles. The Morgan fingerprint density at radius 1 is 1.39 bits per heavy atom. The molecule has 0 radical (unpaired) electrons. The van der Waals surface area contributed by atoms with Gasteiger partial charge in [0.05, 0.1) is 5.52 Å². The molecule has 1 aromatic heterocycles. The summed E-state index contributed by atoms with van der Waals surface area (Å²) in [7, 11) is 2.18. The van der Waals surface area contributed by atoms with Crippen molar-refractivity contribution < 1.29 is 0 Å². The maximum absolute atomic E-state index is 4.49. The van der Waals surface area contributed by atoms with Gasteiger partial charge < -0.3 is 10.2 Å². The van der Waals surface area contributed by atoms with Crippen molar-refractivity contribution in [1.29, 1.82) is 0 Å². The Morgan fingerprint density at radius 2 is 2.28 bits per heavy atom. The first kappa shape index (κ1) is 11.6. The Morgan fingerprint density at radius 3 is 3.11 bits per heavy atom. The Hall–Kier alpha value is -1.45. The van der Waals surface area contributed by atoms with E-state index in [1.807, 2.05) is 12.3 Å². The molecule has 1 atom stereocenters. The summed E-state index contributed by atoms with van der Waals surface area (Å²) in [5.41, 5.74) is 2.34. The predicted octanol–water partition coefficient (Wildman–Crippen LogP) is 2.03. The zero-order valence-electron chi connectivity index (χ0n) is 10.8. The van der Waals surface area contributed by atoms with Crippen LogP contribution in [0.25, 0.3) is 10.9 Å². The molecule has 1 saturated heterocycles. The highest BCUT2D eigenvalue weighted by Crippen LogP contribution is 2.13. The average molecular weight is 241 g/mol. The summed E-state index contributed by atoms with van der Waals surface area (Å²) in [5, 5.41) is 4.83. The second kappa shape index (κ2) is 5.04. The van der Waals surface area contributed by atoms with E-state index in [0.29, 0.717) is 6.04 Å². The third kappa shape index (κ3) is 2.52. The summed E-state index contributed by atoms with van der Waals surface area (Å²) >= 11 is 0. The van der Waals surface area contributed by atoms with Crippen LogP contribution >= 0.6 is 0 Å². The van der Waals surface area contributed by atoms with E-state index in [-0.39, 0.29) is 0 Å². The van der Waals surface area contributed by atoms with E-state index < -0.39 is 0 Å². The SMILES string of the molecule is CN1CCC(NCc2cnc3ccccc3c2)C1. The number of rotatable bonds is 3. The number of para-hydroxylation sites is 1. The number of pyridine rings is 1. The minimum absolute atomic E-state index is 0.626. The molecule has 0 bridgehead atoms. The molecular weight excluding hydrogens is 222 g/mol. The highest BCUT2D eigenvalue weighted by Gasteiger charge is 2.18. The fraction of sp³-hybridized carbons (Fsp3) is 0.400. The van der Waals surface area contributed by atoms with Gasteiger partial charge in [0, 0.05) is 30.7 Å². The first-order chi connectivity index (χ1) is 8.81. The topological polar surface area (TPSA) is 28.2 Å². The normalized spacial score (nSPS) is 20.6. The number of hydrogen-bond acceptors (Lipinski definition) is 3. The monoisotopic (exact) mass is 241 g/mol. The van der Waals surface area contributed by atoms with Crippen LogP contribution in [0, 0.1) is 0 Å². The molecule has 2 heterocycles. The predicted molar refractivity (Wildman–Crippen MR) is 74.5 cm³/mol. The summed E-state index contributed by atoms with van der Waals surface area (Å²) in [6.45, 7) is 3.27. The number of likely N-dealkylation sites (N-methyl/N-ethyl adjacent to an activating group) is 1. The molecule has 3 heteroatoms. The van der Waals surface area contributed by atoms with Gasteiger partial charge in [0.2, 0.25) is 0 Å². The van der Waals surface area contributed by atoms with E-state index >= 15 is 0 Å². The van der Waals surface area contributed by atoms with Gasteiger partial charge in [0.1, 0.15) is 0 Å². The van der Waals surface area contributed by atoms with Crippen LogP contribution in [0.3, 0.4) is 0 Å². The van der Waals surface area contributed by atoms with Gasteiger partial charge in [-0.05, 0) is 37.7 Å². The lowest BCUT2D eigenvalue weighted by atomic mass is 10.1. The van der Waals surface area contributed by atoms with Crippen molar-refractivity contribution >= 4 is 10.9 Å². The Balaban J connectivity index is 1.67. The minimum atomic E-state index is 0.626. The van der Waals surface area contributed by atoms with E-state index in [9.17, 15) is 0 Å². The Bertz CT molecular complexity index is 538. The number of nitrogens with zero attached hydrogens (tertiary/aromatic N) is 2. The fourth-order valence-corrected chi connectivity index (χ4v) is 2.58. The number of hydrogen-bond donors (Lipinski definition) is 1. The number of nitrogens with one attached hydrogen (secondary N) is 1. The molecule has 0 spiro atoms. The third-order valence-corrected chi connectivity index (χ3v) is 3.63. The van der Waals surface area contributed by atoms with Crippen molar-refractivity contribution in [2.45, 2.75) is 19.0 Å². The van der Waals surface area contributed by atoms with Crippen molar-refractivity contribution in [3.8, 4) is 0 Å². The van der Waals surface area contributed by atoms with Crippen molar-refractivity contribution in [3.63, 3.8) is 0 Å². The second-order valence-electron chi connectivity index (χ2n) is 5.17. The lowest BCUT2D eigenvalue weighted by Gasteiger charge is -2.12. The van der Waals surface area contributed by atoms with Gasteiger partial charge in [-0.3, -0.25) is 4.98 Å². The van der Waals surface area contributed by atoms with Gasteiger partial charge in [-0.2, -0.15) is 0 Å². The van der Waals surface area contributed by atoms with Crippen LogP contribution in [0.1, 0.15) is 12.0 Å². The smallest absolute Gasteiger partial charge is 0.0702 e. The molecule has 18 heavy (non-hydrogen) atoms. The standard InChI is InChI=1S/C15H19N3/c1-18-7-6-14(11-18)16-9-12-8-13-4-2-3-5-15(13)17-10-12/h2-5,8,10,14,16H,6-7,9,11H2,1H3. The first-order valence-corrected chi connectivity index (χ1v) is 6.57. The van der Waals surface area contributed by atoms with Crippen LogP contribution in [-0.4, -0.2) is 36.1 Å². The molecule has 1 unspecified atom stereocenters. The van der Waals surface area contributed by atoms with E-state index in [4.69, 9.17) is 0 Å². The molecule has 1 fully saturated rings. The van der Waals surface area contributed by atoms with Crippen LogP contribution in [0.2, 0.25) is 0 Å². The van der Waals surface area contributed by atoms with Crippen LogP contribution < -0.4 is 5.32 Å². The van der Waals surface area contributed by atoms with Crippen molar-refractivity contribution in [1.82, 2.24) is 15.2 Å². The Kier molecular flexibility index (Phi) is 3.26. The van der Waals surface area contributed by atoms with Gasteiger partial charge in [-0.25, -0.2) is 0 Å². The fourth-order valence-electron chi connectivity index (χ4n) is 2.58. The van der Waals surface area contributed by atoms with Gasteiger partial charge in [0.25, 0.3) is 0 Å². The Labute approximate surface area is 108 Å². The van der Waals surface area contributed by atoms with Gasteiger partial charge in [0.15, 0.2) is 0 Å². The molecule has 94 valence electrons. The van der Waals surface area contributed by atoms with Gasteiger partial charge >= 0.3 is 0 Å². The van der Waals surface area contributed by atoms with E-state index in [2.05, 4.69) is 46.5 Å². The van der Waals surface area contributed by atoms with Crippen molar-refractivity contribution in [2.24, 2.45) is 0 Å². The number of benzene rings is 1. The number of likely N-dealkylation sites (tertiary alicyclic amines) is 1. The summed E-state index contributed by atoms with van der Waals surface area (Å²) in [5.74, 6) is 0. The number of aromatic nitrogens is 1. The van der Waals surface area contributed by atoms with Crippen LogP contribution in [0.5, 0.6) is 0 Å². The highest BCUT2D eigenvalue weighted by molar-refractivity contribution is 5.78. The zero-order valence-corrected chi connectivity index (χ0v) is 10.8. The maximum atomic E-state index is 4.49. The van der Waals surface area contributed by atoms with Crippen molar-refractivity contribution in [3.05, 3.63) is 42.1 Å². The zero-order chi connectivity index (χ0) is 12.4.